The molecule has 2 aliphatic heterocycles. The molecule has 112 valence electrons. The standard InChI is InChI=1S/C14H22N2O4/c1-14(2,13(19)20)9-4-3-7-16(8-9)12(18)10-5-6-11(17)15-10/h9-10H,3-8H2,1-2H3,(H,15,17)(H,19,20)/t9?,10-/m1/s1. The van der Waals surface area contributed by atoms with Gasteiger partial charge in [-0.3, -0.25) is 14.4 Å². The highest BCUT2D eigenvalue weighted by molar-refractivity contribution is 5.90. The predicted molar refractivity (Wildman–Crippen MR) is 71.9 cm³/mol. The van der Waals surface area contributed by atoms with Crippen molar-refractivity contribution in [1.82, 2.24) is 10.2 Å². The van der Waals surface area contributed by atoms with Crippen LogP contribution in [0.25, 0.3) is 0 Å². The van der Waals surface area contributed by atoms with Crippen molar-refractivity contribution in [3.63, 3.8) is 0 Å². The van der Waals surface area contributed by atoms with Gasteiger partial charge in [0.2, 0.25) is 11.8 Å². The molecule has 2 atom stereocenters. The number of carbonyl (C=O) groups is 3. The molecule has 2 aliphatic rings. The minimum atomic E-state index is -0.835. The van der Waals surface area contributed by atoms with Gasteiger partial charge in [0, 0.05) is 19.5 Å². The SMILES string of the molecule is CC(C)(C(=O)O)C1CCCN(C(=O)[C@H]2CCC(=O)N2)C1. The van der Waals surface area contributed by atoms with Gasteiger partial charge in [-0.05, 0) is 39.0 Å². The van der Waals surface area contributed by atoms with E-state index in [1.165, 1.54) is 0 Å². The third-order valence-electron chi connectivity index (χ3n) is 4.60. The van der Waals surface area contributed by atoms with Crippen molar-refractivity contribution >= 4 is 17.8 Å². The van der Waals surface area contributed by atoms with Gasteiger partial charge in [-0.15, -0.1) is 0 Å². The fourth-order valence-corrected chi connectivity index (χ4v) is 2.96. The quantitative estimate of drug-likeness (QED) is 0.794. The molecule has 0 saturated carbocycles. The molecule has 0 aliphatic carbocycles. The van der Waals surface area contributed by atoms with Crippen LogP contribution < -0.4 is 5.32 Å². The van der Waals surface area contributed by atoms with Gasteiger partial charge in [0.1, 0.15) is 6.04 Å². The zero-order valence-corrected chi connectivity index (χ0v) is 12.0. The van der Waals surface area contributed by atoms with E-state index >= 15 is 0 Å². The van der Waals surface area contributed by atoms with Crippen LogP contribution in [0.15, 0.2) is 0 Å². The first-order chi connectivity index (χ1) is 9.32. The maximum Gasteiger partial charge on any atom is 0.309 e. The molecule has 2 fully saturated rings. The van der Waals surface area contributed by atoms with Crippen LogP contribution in [0.1, 0.15) is 39.5 Å². The van der Waals surface area contributed by atoms with Gasteiger partial charge in [-0.25, -0.2) is 0 Å². The summed E-state index contributed by atoms with van der Waals surface area (Å²) in [6.07, 6.45) is 2.57. The Morgan fingerprint density at radius 3 is 2.60 bits per heavy atom. The Bertz CT molecular complexity index is 433. The monoisotopic (exact) mass is 282 g/mol. The molecule has 0 radical (unpaired) electrons. The summed E-state index contributed by atoms with van der Waals surface area (Å²) in [7, 11) is 0. The van der Waals surface area contributed by atoms with E-state index in [9.17, 15) is 19.5 Å². The van der Waals surface area contributed by atoms with Gasteiger partial charge in [0.15, 0.2) is 0 Å². The summed E-state index contributed by atoms with van der Waals surface area (Å²) in [5, 5.41) is 12.0. The number of nitrogens with zero attached hydrogens (tertiary/aromatic N) is 1. The molecule has 2 N–H and O–H groups in total. The highest BCUT2D eigenvalue weighted by atomic mass is 16.4. The summed E-state index contributed by atoms with van der Waals surface area (Å²) < 4.78 is 0. The number of nitrogens with one attached hydrogen (secondary N) is 1. The maximum atomic E-state index is 12.4. The summed E-state index contributed by atoms with van der Waals surface area (Å²) in [5.41, 5.74) is -0.835. The average Bonchev–Trinajstić information content (AvgIpc) is 2.84. The molecule has 0 spiro atoms. The molecule has 1 unspecified atom stereocenters. The Balaban J connectivity index is 2.02. The lowest BCUT2D eigenvalue weighted by atomic mass is 9.74. The van der Waals surface area contributed by atoms with Gasteiger partial charge in [-0.2, -0.15) is 0 Å². The van der Waals surface area contributed by atoms with E-state index in [0.29, 0.717) is 25.9 Å². The van der Waals surface area contributed by atoms with Crippen LogP contribution in [0.2, 0.25) is 0 Å². The van der Waals surface area contributed by atoms with E-state index in [2.05, 4.69) is 5.32 Å². The number of likely N-dealkylation sites (tertiary alicyclic amines) is 1. The van der Waals surface area contributed by atoms with Gasteiger partial charge in [-0.1, -0.05) is 0 Å². The zero-order chi connectivity index (χ0) is 14.9. The number of carboxylic acids is 1. The molecule has 20 heavy (non-hydrogen) atoms. The molecule has 0 bridgehead atoms. The van der Waals surface area contributed by atoms with Gasteiger partial charge < -0.3 is 15.3 Å². The smallest absolute Gasteiger partial charge is 0.309 e. The molecule has 2 amide bonds. The lowest BCUT2D eigenvalue weighted by Crippen LogP contribution is -2.51. The third kappa shape index (κ3) is 2.78. The minimum Gasteiger partial charge on any atom is -0.481 e. The summed E-state index contributed by atoms with van der Waals surface area (Å²) in [5.74, 6) is -1.02. The van der Waals surface area contributed by atoms with Gasteiger partial charge in [0.05, 0.1) is 5.41 Å². The molecule has 2 heterocycles. The van der Waals surface area contributed by atoms with Crippen LogP contribution in [0.4, 0.5) is 0 Å². The fraction of sp³-hybridized carbons (Fsp3) is 0.786. The van der Waals surface area contributed by atoms with Crippen molar-refractivity contribution in [3.05, 3.63) is 0 Å². The van der Waals surface area contributed by atoms with Crippen molar-refractivity contribution in [2.75, 3.05) is 13.1 Å². The fourth-order valence-electron chi connectivity index (χ4n) is 2.96. The second-order valence-corrected chi connectivity index (χ2v) is 6.31. The summed E-state index contributed by atoms with van der Waals surface area (Å²) in [6, 6.07) is -0.422. The summed E-state index contributed by atoms with van der Waals surface area (Å²) in [6.45, 7) is 4.54. The van der Waals surface area contributed by atoms with Crippen LogP contribution in [-0.4, -0.2) is 46.9 Å². The van der Waals surface area contributed by atoms with E-state index in [1.54, 1.807) is 18.7 Å². The molecule has 2 saturated heterocycles. The Morgan fingerprint density at radius 1 is 1.35 bits per heavy atom. The normalized spacial score (nSPS) is 27.3. The van der Waals surface area contributed by atoms with Crippen molar-refractivity contribution in [2.24, 2.45) is 11.3 Å². The van der Waals surface area contributed by atoms with Crippen molar-refractivity contribution in [3.8, 4) is 0 Å². The third-order valence-corrected chi connectivity index (χ3v) is 4.60. The molecular weight excluding hydrogens is 260 g/mol. The molecule has 6 nitrogen and oxygen atoms in total. The molecule has 0 aromatic carbocycles. The second kappa shape index (κ2) is 5.42. The van der Waals surface area contributed by atoms with E-state index < -0.39 is 17.4 Å². The number of carbonyl (C=O) groups excluding carboxylic acids is 2. The van der Waals surface area contributed by atoms with E-state index in [4.69, 9.17) is 0 Å². The number of aliphatic carboxylic acids is 1. The van der Waals surface area contributed by atoms with Crippen LogP contribution in [0.3, 0.4) is 0 Å². The van der Waals surface area contributed by atoms with E-state index in [0.717, 1.165) is 12.8 Å². The Hall–Kier alpha value is -1.59. The Morgan fingerprint density at radius 2 is 2.05 bits per heavy atom. The Kier molecular flexibility index (Phi) is 4.01. The first-order valence-corrected chi connectivity index (χ1v) is 7.14. The van der Waals surface area contributed by atoms with E-state index in [1.807, 2.05) is 0 Å². The van der Waals surface area contributed by atoms with Crippen LogP contribution >= 0.6 is 0 Å². The van der Waals surface area contributed by atoms with E-state index in [-0.39, 0.29) is 17.7 Å². The molecule has 2 rings (SSSR count). The number of amides is 2. The van der Waals surface area contributed by atoms with Crippen LogP contribution in [0.5, 0.6) is 0 Å². The highest BCUT2D eigenvalue weighted by Gasteiger charge is 2.41. The maximum absolute atomic E-state index is 12.4. The number of carboxylic acid groups (broad SMARTS) is 1. The van der Waals surface area contributed by atoms with Crippen molar-refractivity contribution in [1.29, 1.82) is 0 Å². The molecule has 0 aromatic rings. The number of rotatable bonds is 3. The van der Waals surface area contributed by atoms with Gasteiger partial charge in [0.25, 0.3) is 0 Å². The first-order valence-electron chi connectivity index (χ1n) is 7.14. The van der Waals surface area contributed by atoms with Crippen LogP contribution in [-0.2, 0) is 14.4 Å². The first kappa shape index (κ1) is 14.8. The van der Waals surface area contributed by atoms with Crippen molar-refractivity contribution in [2.45, 2.75) is 45.6 Å². The molecule has 6 heteroatoms. The van der Waals surface area contributed by atoms with Crippen LogP contribution in [0, 0.1) is 11.3 Å². The predicted octanol–water partition coefficient (Wildman–Crippen LogP) is 0.614. The average molecular weight is 282 g/mol. The highest BCUT2D eigenvalue weighted by Crippen LogP contribution is 2.34. The van der Waals surface area contributed by atoms with Crippen molar-refractivity contribution < 1.29 is 19.5 Å². The summed E-state index contributed by atoms with van der Waals surface area (Å²) >= 11 is 0. The number of hydrogen-bond acceptors (Lipinski definition) is 3. The largest absolute Gasteiger partial charge is 0.481 e. The molecule has 0 aromatic heterocycles. The second-order valence-electron chi connectivity index (χ2n) is 6.31. The van der Waals surface area contributed by atoms with Gasteiger partial charge >= 0.3 is 5.97 Å². The molecular formula is C14H22N2O4. The zero-order valence-electron chi connectivity index (χ0n) is 12.0. The minimum absolute atomic E-state index is 0.0465. The lowest BCUT2D eigenvalue weighted by molar-refractivity contribution is -0.153. The number of hydrogen-bond donors (Lipinski definition) is 2. The Labute approximate surface area is 118 Å². The summed E-state index contributed by atoms with van der Waals surface area (Å²) in [4.78, 5) is 36.6. The topological polar surface area (TPSA) is 86.7 Å². The number of piperidine rings is 1. The lowest BCUT2D eigenvalue weighted by Gasteiger charge is -2.40.